The number of hydrogen-bond donors (Lipinski definition) is 2. The number of carbonyl (C=O) groups is 4. The first kappa shape index (κ1) is 32.0. The number of nitrogens with one attached hydrogen (secondary N) is 2. The van der Waals surface area contributed by atoms with E-state index in [1.807, 2.05) is 13.8 Å². The van der Waals surface area contributed by atoms with E-state index in [0.717, 1.165) is 4.90 Å². The maximum atomic E-state index is 10.4. The van der Waals surface area contributed by atoms with Crippen LogP contribution in [0.25, 0.3) is 5.32 Å². The van der Waals surface area contributed by atoms with Crippen LogP contribution in [0.4, 0.5) is 9.59 Å². The molecular formula is C12H27N4NaO4. The van der Waals surface area contributed by atoms with E-state index in [1.165, 1.54) is 7.05 Å². The third kappa shape index (κ3) is 12.3. The Bertz CT molecular complexity index is 307. The maximum Gasteiger partial charge on any atom is 1.00 e. The molecule has 0 aliphatic carbocycles. The summed E-state index contributed by atoms with van der Waals surface area (Å²) >= 11 is 0. The molecular weight excluding hydrogens is 287 g/mol. The van der Waals surface area contributed by atoms with Crippen LogP contribution in [-0.4, -0.2) is 48.9 Å². The van der Waals surface area contributed by atoms with Crippen molar-refractivity contribution in [2.75, 3.05) is 20.1 Å². The Morgan fingerprint density at radius 2 is 1.43 bits per heavy atom. The van der Waals surface area contributed by atoms with Crippen LogP contribution in [0.3, 0.4) is 0 Å². The second-order valence-corrected chi connectivity index (χ2v) is 2.78. The van der Waals surface area contributed by atoms with Gasteiger partial charge in [-0.25, -0.2) is 4.79 Å². The molecule has 6 amide bonds. The molecule has 2 fully saturated rings. The summed E-state index contributed by atoms with van der Waals surface area (Å²) in [6, 6.07) is -0.833. The number of nitrogens with zero attached hydrogens (tertiary/aromatic N) is 2. The van der Waals surface area contributed by atoms with E-state index in [9.17, 15) is 19.2 Å². The SMILES string of the molecule is C.C.C.CC.CN1C(=O)CNC1=O.O=C1CNC(=O)[N-]1.[Na+]. The van der Waals surface area contributed by atoms with Gasteiger partial charge in [-0.1, -0.05) is 36.1 Å². The Balaban J connectivity index is -0.0000000623. The first-order valence-electron chi connectivity index (χ1n) is 5.07. The Hall–Kier alpha value is -1.12. The first-order chi connectivity index (χ1) is 8.00. The van der Waals surface area contributed by atoms with Crippen LogP contribution >= 0.6 is 0 Å². The third-order valence-corrected chi connectivity index (χ3v) is 1.69. The molecule has 0 unspecified atom stereocenters. The van der Waals surface area contributed by atoms with E-state index in [1.54, 1.807) is 0 Å². The van der Waals surface area contributed by atoms with Gasteiger partial charge < -0.3 is 16.0 Å². The molecule has 2 saturated heterocycles. The van der Waals surface area contributed by atoms with Gasteiger partial charge in [0.25, 0.3) is 0 Å². The Labute approximate surface area is 149 Å². The average Bonchev–Trinajstić information content (AvgIpc) is 2.83. The van der Waals surface area contributed by atoms with E-state index >= 15 is 0 Å². The summed E-state index contributed by atoms with van der Waals surface area (Å²) < 4.78 is 0. The minimum absolute atomic E-state index is 0. The van der Waals surface area contributed by atoms with Gasteiger partial charge in [0.1, 0.15) is 5.91 Å². The molecule has 2 aliphatic heterocycles. The van der Waals surface area contributed by atoms with Crippen molar-refractivity contribution >= 4 is 23.9 Å². The molecule has 0 spiro atoms. The minimum atomic E-state index is -0.523. The normalized spacial score (nSPS) is 14.0. The van der Waals surface area contributed by atoms with E-state index in [2.05, 4.69) is 16.0 Å². The van der Waals surface area contributed by atoms with Gasteiger partial charge in [0, 0.05) is 13.6 Å². The molecule has 0 aromatic rings. The summed E-state index contributed by atoms with van der Waals surface area (Å²) in [6.45, 7) is 4.22. The summed E-state index contributed by atoms with van der Waals surface area (Å²) in [5, 5.41) is 7.57. The number of amides is 6. The van der Waals surface area contributed by atoms with Gasteiger partial charge in [-0.05, 0) is 0 Å². The van der Waals surface area contributed by atoms with Crippen LogP contribution in [-0.2, 0) is 9.59 Å². The van der Waals surface area contributed by atoms with E-state index in [0.29, 0.717) is 0 Å². The van der Waals surface area contributed by atoms with Crippen LogP contribution in [0.1, 0.15) is 36.1 Å². The monoisotopic (exact) mass is 314 g/mol. The summed E-state index contributed by atoms with van der Waals surface area (Å²) in [5.74, 6) is -0.556. The smallest absolute Gasteiger partial charge is 0.442 e. The van der Waals surface area contributed by atoms with Crippen molar-refractivity contribution in [3.05, 3.63) is 5.32 Å². The van der Waals surface area contributed by atoms with Crippen LogP contribution in [0.2, 0.25) is 0 Å². The van der Waals surface area contributed by atoms with Crippen molar-refractivity contribution < 1.29 is 48.7 Å². The van der Waals surface area contributed by atoms with Gasteiger partial charge in [-0.2, -0.15) is 0 Å². The largest absolute Gasteiger partial charge is 1.00 e. The quantitative estimate of drug-likeness (QED) is 0.428. The average molecular weight is 314 g/mol. The zero-order valence-electron chi connectivity index (χ0n) is 10.9. The van der Waals surface area contributed by atoms with Crippen molar-refractivity contribution in [1.29, 1.82) is 0 Å². The molecule has 0 radical (unpaired) electrons. The molecule has 2 N–H and O–H groups in total. The molecule has 120 valence electrons. The molecule has 0 bridgehead atoms. The van der Waals surface area contributed by atoms with Crippen LogP contribution in [0.5, 0.6) is 0 Å². The van der Waals surface area contributed by atoms with Gasteiger partial charge in [0.15, 0.2) is 6.03 Å². The van der Waals surface area contributed by atoms with Crippen LogP contribution < -0.4 is 40.2 Å². The minimum Gasteiger partial charge on any atom is -0.442 e. The van der Waals surface area contributed by atoms with Crippen LogP contribution in [0, 0.1) is 0 Å². The summed E-state index contributed by atoms with van der Waals surface area (Å²) in [4.78, 5) is 41.8. The number of likely N-dealkylation sites (N-methyl/N-ethyl adjacent to an activating group) is 1. The van der Waals surface area contributed by atoms with Gasteiger partial charge in [0.2, 0.25) is 5.91 Å². The number of rotatable bonds is 0. The molecule has 2 heterocycles. The van der Waals surface area contributed by atoms with Crippen molar-refractivity contribution in [3.63, 3.8) is 0 Å². The summed E-state index contributed by atoms with van der Waals surface area (Å²) in [7, 11) is 1.45. The van der Waals surface area contributed by atoms with E-state index in [4.69, 9.17) is 0 Å². The number of hydrogen-bond acceptors (Lipinski definition) is 4. The second kappa shape index (κ2) is 16.9. The molecule has 0 aromatic carbocycles. The molecule has 9 heteroatoms. The van der Waals surface area contributed by atoms with Gasteiger partial charge >= 0.3 is 35.6 Å². The predicted molar refractivity (Wildman–Crippen MR) is 79.5 cm³/mol. The first-order valence-corrected chi connectivity index (χ1v) is 5.07. The Morgan fingerprint density at radius 3 is 1.52 bits per heavy atom. The third-order valence-electron chi connectivity index (χ3n) is 1.69. The number of urea groups is 2. The zero-order valence-corrected chi connectivity index (χ0v) is 12.9. The standard InChI is InChI=1S/C4H6N2O2.C3H4N2O2.C2H6.3CH4.Na/c1-6-3(7)2-5-4(6)8;6-2-1-4-3(7)5-2;1-2;;;;/h2H2,1H3,(H,5,8);1H2,(H2,4,5,6,7);1-2H3;3*1H4;/q;;;;;;+1/p-1. The molecule has 0 aromatic heterocycles. The van der Waals surface area contributed by atoms with Crippen molar-refractivity contribution in [2.45, 2.75) is 36.1 Å². The summed E-state index contributed by atoms with van der Waals surface area (Å²) in [5.41, 5.74) is 0. The summed E-state index contributed by atoms with van der Waals surface area (Å²) in [6.07, 6.45) is 0. The topological polar surface area (TPSA) is 110 Å². The molecule has 2 rings (SSSR count). The van der Waals surface area contributed by atoms with Gasteiger partial charge in [0.05, 0.1) is 6.54 Å². The van der Waals surface area contributed by atoms with E-state index in [-0.39, 0.29) is 82.8 Å². The fraction of sp³-hybridized carbons (Fsp3) is 0.667. The fourth-order valence-corrected chi connectivity index (χ4v) is 0.845. The van der Waals surface area contributed by atoms with Gasteiger partial charge in [-0.15, -0.1) is 0 Å². The molecule has 0 atom stereocenters. The second-order valence-electron chi connectivity index (χ2n) is 2.78. The number of imide groups is 2. The Kier molecular flexibility index (Phi) is 25.8. The number of carbonyl (C=O) groups excluding carboxylic acids is 4. The zero-order chi connectivity index (χ0) is 13.4. The predicted octanol–water partition coefficient (Wildman–Crippen LogP) is -1.28. The molecule has 21 heavy (non-hydrogen) atoms. The molecule has 2 aliphatic rings. The molecule has 8 nitrogen and oxygen atoms in total. The Morgan fingerprint density at radius 1 is 0.952 bits per heavy atom. The van der Waals surface area contributed by atoms with E-state index < -0.39 is 6.03 Å². The fourth-order valence-electron chi connectivity index (χ4n) is 0.845. The molecule has 0 saturated carbocycles. The maximum absolute atomic E-state index is 10.4. The van der Waals surface area contributed by atoms with Crippen molar-refractivity contribution in [2.24, 2.45) is 0 Å². The van der Waals surface area contributed by atoms with Crippen molar-refractivity contribution in [3.8, 4) is 0 Å². The van der Waals surface area contributed by atoms with Gasteiger partial charge in [-0.3, -0.25) is 19.3 Å². The van der Waals surface area contributed by atoms with Crippen molar-refractivity contribution in [1.82, 2.24) is 15.5 Å². The van der Waals surface area contributed by atoms with Crippen LogP contribution in [0.15, 0.2) is 0 Å².